The number of thiophene rings is 1. The lowest BCUT2D eigenvalue weighted by Gasteiger charge is -2.16. The van der Waals surface area contributed by atoms with Crippen LogP contribution in [0.3, 0.4) is 0 Å². The number of sulfone groups is 1. The molecule has 2 heterocycles. The van der Waals surface area contributed by atoms with E-state index in [1.165, 1.54) is 11.8 Å². The van der Waals surface area contributed by atoms with E-state index in [1.807, 2.05) is 24.4 Å². The van der Waals surface area contributed by atoms with E-state index in [2.05, 4.69) is 5.32 Å². The summed E-state index contributed by atoms with van der Waals surface area (Å²) in [5.41, 5.74) is 0. The molecule has 1 N–H and O–H groups in total. The maximum atomic E-state index is 11.9. The fourth-order valence-corrected chi connectivity index (χ4v) is 6.50. The van der Waals surface area contributed by atoms with Crippen LogP contribution in [0.2, 0.25) is 0 Å². The van der Waals surface area contributed by atoms with Crippen LogP contribution in [-0.2, 0) is 14.6 Å². The summed E-state index contributed by atoms with van der Waals surface area (Å²) in [7, 11) is -2.86. The van der Waals surface area contributed by atoms with Gasteiger partial charge in [0.15, 0.2) is 9.84 Å². The molecule has 1 aromatic rings. The summed E-state index contributed by atoms with van der Waals surface area (Å²) in [4.78, 5) is 13.1. The van der Waals surface area contributed by atoms with Crippen LogP contribution in [0.25, 0.3) is 0 Å². The molecule has 0 spiro atoms. The van der Waals surface area contributed by atoms with E-state index >= 15 is 0 Å². The molecule has 2 rings (SSSR count). The molecule has 2 atom stereocenters. The standard InChI is InChI=1S/C13H19NO3S3/c1-2-11(12-4-3-6-18-12)14-13(15)8-19-10-5-7-20(16,17)9-10/h3-4,6,10-11H,2,5,7-9H2,1H3,(H,14,15)/t10-,11+/m0/s1. The molecule has 0 aliphatic carbocycles. The lowest BCUT2D eigenvalue weighted by molar-refractivity contribution is -0.119. The Labute approximate surface area is 128 Å². The Morgan fingerprint density at radius 2 is 2.40 bits per heavy atom. The second-order valence-electron chi connectivity index (χ2n) is 4.88. The first-order valence-electron chi connectivity index (χ1n) is 6.65. The van der Waals surface area contributed by atoms with Crippen molar-refractivity contribution in [3.8, 4) is 0 Å². The second-order valence-corrected chi connectivity index (χ2v) is 9.38. The van der Waals surface area contributed by atoms with Gasteiger partial charge in [-0.15, -0.1) is 23.1 Å². The highest BCUT2D eigenvalue weighted by atomic mass is 32.2. The van der Waals surface area contributed by atoms with E-state index in [1.54, 1.807) is 11.3 Å². The van der Waals surface area contributed by atoms with Crippen molar-refractivity contribution >= 4 is 38.8 Å². The third-order valence-electron chi connectivity index (χ3n) is 3.27. The second kappa shape index (κ2) is 6.95. The van der Waals surface area contributed by atoms with E-state index in [4.69, 9.17) is 0 Å². The largest absolute Gasteiger partial charge is 0.348 e. The smallest absolute Gasteiger partial charge is 0.230 e. The zero-order chi connectivity index (χ0) is 14.6. The maximum Gasteiger partial charge on any atom is 0.230 e. The van der Waals surface area contributed by atoms with Crippen LogP contribution in [-0.4, -0.2) is 36.8 Å². The van der Waals surface area contributed by atoms with Crippen molar-refractivity contribution < 1.29 is 13.2 Å². The third kappa shape index (κ3) is 4.49. The SMILES string of the molecule is CC[C@@H](NC(=O)CS[C@H]1CCS(=O)(=O)C1)c1cccs1. The van der Waals surface area contributed by atoms with Crippen LogP contribution in [0.15, 0.2) is 17.5 Å². The molecule has 1 saturated heterocycles. The molecule has 1 aromatic heterocycles. The first-order chi connectivity index (χ1) is 9.50. The van der Waals surface area contributed by atoms with E-state index in [0.717, 1.165) is 11.3 Å². The van der Waals surface area contributed by atoms with Gasteiger partial charge >= 0.3 is 0 Å². The Morgan fingerprint density at radius 1 is 1.60 bits per heavy atom. The Hall–Kier alpha value is -0.530. The van der Waals surface area contributed by atoms with Crippen molar-refractivity contribution in [2.45, 2.75) is 31.1 Å². The average Bonchev–Trinajstić information content (AvgIpc) is 3.03. The topological polar surface area (TPSA) is 63.2 Å². The minimum Gasteiger partial charge on any atom is -0.348 e. The Balaban J connectivity index is 1.78. The van der Waals surface area contributed by atoms with Crippen LogP contribution in [0, 0.1) is 0 Å². The van der Waals surface area contributed by atoms with E-state index in [-0.39, 0.29) is 28.7 Å². The summed E-state index contributed by atoms with van der Waals surface area (Å²) in [5, 5.41) is 5.09. The van der Waals surface area contributed by atoms with E-state index in [9.17, 15) is 13.2 Å². The van der Waals surface area contributed by atoms with E-state index < -0.39 is 9.84 Å². The molecule has 4 nitrogen and oxygen atoms in total. The molecule has 1 fully saturated rings. The molecule has 112 valence electrons. The molecule has 0 unspecified atom stereocenters. The highest BCUT2D eigenvalue weighted by Gasteiger charge is 2.28. The predicted octanol–water partition coefficient (Wildman–Crippen LogP) is 2.24. The molecule has 7 heteroatoms. The Bertz CT molecular complexity index is 539. The number of amides is 1. The molecular weight excluding hydrogens is 314 g/mol. The van der Waals surface area contributed by atoms with Crippen LogP contribution >= 0.6 is 23.1 Å². The number of hydrogen-bond acceptors (Lipinski definition) is 5. The normalized spacial score (nSPS) is 22.6. The van der Waals surface area contributed by atoms with Gasteiger partial charge in [-0.25, -0.2) is 8.42 Å². The molecule has 0 radical (unpaired) electrons. The van der Waals surface area contributed by atoms with Crippen molar-refractivity contribution in [3.05, 3.63) is 22.4 Å². The molecule has 1 aliphatic heterocycles. The molecule has 20 heavy (non-hydrogen) atoms. The summed E-state index contributed by atoms with van der Waals surface area (Å²) < 4.78 is 22.7. The van der Waals surface area contributed by atoms with Gasteiger partial charge in [-0.3, -0.25) is 4.79 Å². The quantitative estimate of drug-likeness (QED) is 0.867. The van der Waals surface area contributed by atoms with Gasteiger partial charge in [-0.2, -0.15) is 0 Å². The van der Waals surface area contributed by atoms with Crippen molar-refractivity contribution in [2.24, 2.45) is 0 Å². The molecule has 1 amide bonds. The number of hydrogen-bond donors (Lipinski definition) is 1. The molecule has 0 aromatic carbocycles. The summed E-state index contributed by atoms with van der Waals surface area (Å²) in [5.74, 6) is 0.799. The lowest BCUT2D eigenvalue weighted by Crippen LogP contribution is -2.29. The fraction of sp³-hybridized carbons (Fsp3) is 0.615. The number of thioether (sulfide) groups is 1. The lowest BCUT2D eigenvalue weighted by atomic mass is 10.2. The van der Waals surface area contributed by atoms with Gasteiger partial charge in [0.05, 0.1) is 23.3 Å². The van der Waals surface area contributed by atoms with Crippen LogP contribution in [0.1, 0.15) is 30.7 Å². The maximum absolute atomic E-state index is 11.9. The van der Waals surface area contributed by atoms with Gasteiger partial charge in [0.2, 0.25) is 5.91 Å². The summed E-state index contributed by atoms with van der Waals surface area (Å²) in [6.45, 7) is 2.04. The Kier molecular flexibility index (Phi) is 5.51. The number of rotatable bonds is 6. The van der Waals surface area contributed by atoms with Gasteiger partial charge in [0, 0.05) is 10.1 Å². The minimum absolute atomic E-state index is 0.0143. The van der Waals surface area contributed by atoms with Crippen molar-refractivity contribution in [1.82, 2.24) is 5.32 Å². The van der Waals surface area contributed by atoms with Crippen LogP contribution < -0.4 is 5.32 Å². The highest BCUT2D eigenvalue weighted by Crippen LogP contribution is 2.25. The number of carbonyl (C=O) groups excluding carboxylic acids is 1. The first-order valence-corrected chi connectivity index (χ1v) is 10.4. The highest BCUT2D eigenvalue weighted by molar-refractivity contribution is 8.02. The summed E-state index contributed by atoms with van der Waals surface area (Å²) in [6, 6.07) is 4.07. The molecule has 1 aliphatic rings. The first kappa shape index (κ1) is 15.9. The number of carbonyl (C=O) groups is 1. The van der Waals surface area contributed by atoms with Crippen molar-refractivity contribution in [2.75, 3.05) is 17.3 Å². The van der Waals surface area contributed by atoms with Crippen molar-refractivity contribution in [3.63, 3.8) is 0 Å². The molecule has 0 bridgehead atoms. The molecular formula is C13H19NO3S3. The van der Waals surface area contributed by atoms with Gasteiger partial charge in [0.25, 0.3) is 0 Å². The average molecular weight is 334 g/mol. The molecule has 0 saturated carbocycles. The Morgan fingerprint density at radius 3 is 2.95 bits per heavy atom. The zero-order valence-corrected chi connectivity index (χ0v) is 13.8. The van der Waals surface area contributed by atoms with Gasteiger partial charge in [-0.05, 0) is 24.3 Å². The van der Waals surface area contributed by atoms with Crippen molar-refractivity contribution in [1.29, 1.82) is 0 Å². The predicted molar refractivity (Wildman–Crippen MR) is 85.0 cm³/mol. The monoisotopic (exact) mass is 333 g/mol. The van der Waals surface area contributed by atoms with Gasteiger partial charge in [0.1, 0.15) is 0 Å². The van der Waals surface area contributed by atoms with E-state index in [0.29, 0.717) is 12.2 Å². The van der Waals surface area contributed by atoms with Crippen LogP contribution in [0.5, 0.6) is 0 Å². The summed E-state index contributed by atoms with van der Waals surface area (Å²) >= 11 is 3.10. The number of nitrogens with one attached hydrogen (secondary N) is 1. The minimum atomic E-state index is -2.86. The van der Waals surface area contributed by atoms with Gasteiger partial charge < -0.3 is 5.32 Å². The third-order valence-corrected chi connectivity index (χ3v) is 7.54. The van der Waals surface area contributed by atoms with Crippen LogP contribution in [0.4, 0.5) is 0 Å². The fourth-order valence-electron chi connectivity index (χ4n) is 2.19. The van der Waals surface area contributed by atoms with Gasteiger partial charge in [-0.1, -0.05) is 13.0 Å². The zero-order valence-electron chi connectivity index (χ0n) is 11.4. The summed E-state index contributed by atoms with van der Waals surface area (Å²) in [6.07, 6.45) is 1.52.